The molecule has 0 saturated heterocycles. The summed E-state index contributed by atoms with van der Waals surface area (Å²) >= 11 is 12.7. The van der Waals surface area contributed by atoms with Crippen molar-refractivity contribution in [1.82, 2.24) is 10.2 Å². The third-order valence-electron chi connectivity index (χ3n) is 8.36. The Morgan fingerprint density at radius 1 is 0.870 bits per heavy atom. The average molecular weight is 679 g/mol. The minimum atomic E-state index is -4.26. The van der Waals surface area contributed by atoms with Crippen LogP contribution in [0.4, 0.5) is 5.69 Å². The van der Waals surface area contributed by atoms with Crippen molar-refractivity contribution in [2.75, 3.05) is 10.8 Å². The van der Waals surface area contributed by atoms with Crippen LogP contribution in [0, 0.1) is 6.92 Å². The summed E-state index contributed by atoms with van der Waals surface area (Å²) in [4.78, 5) is 30.3. The second-order valence-electron chi connectivity index (χ2n) is 11.6. The Labute approximate surface area is 281 Å². The zero-order valence-corrected chi connectivity index (χ0v) is 27.9. The summed E-state index contributed by atoms with van der Waals surface area (Å²) < 4.78 is 29.3. The molecule has 0 aromatic heterocycles. The summed E-state index contributed by atoms with van der Waals surface area (Å²) in [5, 5.41) is 3.59. The van der Waals surface area contributed by atoms with E-state index in [0.717, 1.165) is 46.7 Å². The normalized spacial score (nSPS) is 14.1. The lowest BCUT2D eigenvalue weighted by molar-refractivity contribution is -0.140. The van der Waals surface area contributed by atoms with E-state index in [1.54, 1.807) is 18.2 Å². The number of carbonyl (C=O) groups is 2. The van der Waals surface area contributed by atoms with Gasteiger partial charge in [-0.15, -0.1) is 0 Å². The molecule has 1 aliphatic carbocycles. The van der Waals surface area contributed by atoms with Crippen molar-refractivity contribution in [3.8, 4) is 0 Å². The van der Waals surface area contributed by atoms with Crippen molar-refractivity contribution in [1.29, 1.82) is 0 Å². The van der Waals surface area contributed by atoms with Crippen LogP contribution in [0.15, 0.2) is 108 Å². The van der Waals surface area contributed by atoms with Crippen molar-refractivity contribution >= 4 is 50.7 Å². The van der Waals surface area contributed by atoms with Crippen LogP contribution in [0.5, 0.6) is 0 Å². The fourth-order valence-corrected chi connectivity index (χ4v) is 7.82. The summed E-state index contributed by atoms with van der Waals surface area (Å²) in [6, 6.07) is 28.6. The number of hydrogen-bond donors (Lipinski definition) is 1. The minimum Gasteiger partial charge on any atom is -0.352 e. The first-order valence-electron chi connectivity index (χ1n) is 15.3. The van der Waals surface area contributed by atoms with Gasteiger partial charge < -0.3 is 10.2 Å². The van der Waals surface area contributed by atoms with Crippen LogP contribution in [0.2, 0.25) is 10.0 Å². The lowest BCUT2D eigenvalue weighted by atomic mass is 10.0. The monoisotopic (exact) mass is 677 g/mol. The molecule has 0 aliphatic heterocycles. The van der Waals surface area contributed by atoms with Gasteiger partial charge in [-0.05, 0) is 66.8 Å². The lowest BCUT2D eigenvalue weighted by Gasteiger charge is -2.34. The van der Waals surface area contributed by atoms with Crippen LogP contribution in [-0.4, -0.2) is 43.8 Å². The Hall–Kier alpha value is -3.85. The number of aryl methyl sites for hydroxylation is 1. The van der Waals surface area contributed by atoms with Gasteiger partial charge in [0.25, 0.3) is 10.0 Å². The predicted molar refractivity (Wildman–Crippen MR) is 183 cm³/mol. The molecule has 0 spiro atoms. The van der Waals surface area contributed by atoms with E-state index >= 15 is 0 Å². The van der Waals surface area contributed by atoms with E-state index < -0.39 is 28.5 Å². The van der Waals surface area contributed by atoms with Crippen molar-refractivity contribution < 1.29 is 18.0 Å². The first-order chi connectivity index (χ1) is 22.1. The van der Waals surface area contributed by atoms with E-state index in [0.29, 0.717) is 5.02 Å². The molecule has 5 rings (SSSR count). The number of halogens is 2. The average Bonchev–Trinajstić information content (AvgIpc) is 3.56. The number of carbonyl (C=O) groups excluding carboxylic acids is 2. The number of anilines is 1. The van der Waals surface area contributed by atoms with Gasteiger partial charge in [-0.1, -0.05) is 109 Å². The Morgan fingerprint density at radius 2 is 1.50 bits per heavy atom. The molecule has 1 fully saturated rings. The number of nitrogens with one attached hydrogen (secondary N) is 1. The molecule has 0 radical (unpaired) electrons. The SMILES string of the molecule is Cc1ccccc1CN(C(=O)CN(c1ccc(Cl)cc1Cl)S(=O)(=O)c1ccccc1)[C@@H](Cc1ccccc1)C(=O)NC1CCCC1. The zero-order chi connectivity index (χ0) is 32.7. The summed E-state index contributed by atoms with van der Waals surface area (Å²) in [5.41, 5.74) is 2.79. The molecular weight excluding hydrogens is 641 g/mol. The molecule has 0 unspecified atom stereocenters. The van der Waals surface area contributed by atoms with Crippen LogP contribution in [-0.2, 0) is 32.6 Å². The highest BCUT2D eigenvalue weighted by molar-refractivity contribution is 7.92. The Kier molecular flexibility index (Phi) is 11.0. The van der Waals surface area contributed by atoms with Crippen LogP contribution >= 0.6 is 23.2 Å². The number of sulfonamides is 1. The molecule has 7 nitrogen and oxygen atoms in total. The molecule has 2 amide bonds. The highest BCUT2D eigenvalue weighted by Gasteiger charge is 2.36. The lowest BCUT2D eigenvalue weighted by Crippen LogP contribution is -2.54. The predicted octanol–water partition coefficient (Wildman–Crippen LogP) is 7.20. The van der Waals surface area contributed by atoms with E-state index in [1.165, 1.54) is 35.2 Å². The summed E-state index contributed by atoms with van der Waals surface area (Å²) in [5.74, 6) is -0.809. The van der Waals surface area contributed by atoms with Crippen LogP contribution < -0.4 is 9.62 Å². The maximum atomic E-state index is 14.6. The Bertz CT molecular complexity index is 1760. The maximum absolute atomic E-state index is 14.6. The number of hydrogen-bond acceptors (Lipinski definition) is 4. The molecule has 1 aliphatic rings. The fraction of sp³-hybridized carbons (Fsp3) is 0.278. The Balaban J connectivity index is 1.59. The van der Waals surface area contributed by atoms with Gasteiger partial charge in [0.05, 0.1) is 15.6 Å². The first-order valence-corrected chi connectivity index (χ1v) is 17.5. The van der Waals surface area contributed by atoms with Crippen LogP contribution in [0.1, 0.15) is 42.4 Å². The van der Waals surface area contributed by atoms with E-state index in [1.807, 2.05) is 61.5 Å². The molecular formula is C36H37Cl2N3O4S. The van der Waals surface area contributed by atoms with Crippen LogP contribution in [0.25, 0.3) is 0 Å². The zero-order valence-electron chi connectivity index (χ0n) is 25.6. The van der Waals surface area contributed by atoms with Crippen molar-refractivity contribution in [2.24, 2.45) is 0 Å². The third kappa shape index (κ3) is 8.10. The van der Waals surface area contributed by atoms with Crippen LogP contribution in [0.3, 0.4) is 0 Å². The molecule has 240 valence electrons. The van der Waals surface area contributed by atoms with Crippen molar-refractivity contribution in [3.05, 3.63) is 130 Å². The molecule has 0 bridgehead atoms. The van der Waals surface area contributed by atoms with Gasteiger partial charge in [0.2, 0.25) is 11.8 Å². The van der Waals surface area contributed by atoms with Gasteiger partial charge >= 0.3 is 0 Å². The Morgan fingerprint density at radius 3 is 2.15 bits per heavy atom. The number of amides is 2. The molecule has 10 heteroatoms. The van der Waals surface area contributed by atoms with Gasteiger partial charge in [0.15, 0.2) is 0 Å². The summed E-state index contributed by atoms with van der Waals surface area (Å²) in [7, 11) is -4.26. The minimum absolute atomic E-state index is 0.000850. The molecule has 1 saturated carbocycles. The second kappa shape index (κ2) is 15.2. The van der Waals surface area contributed by atoms with Gasteiger partial charge in [0.1, 0.15) is 12.6 Å². The number of rotatable bonds is 12. The quantitative estimate of drug-likeness (QED) is 0.172. The van der Waals surface area contributed by atoms with E-state index in [2.05, 4.69) is 5.32 Å². The van der Waals surface area contributed by atoms with E-state index in [9.17, 15) is 18.0 Å². The van der Waals surface area contributed by atoms with Crippen molar-refractivity contribution in [2.45, 2.75) is 62.6 Å². The first kappa shape index (κ1) is 33.5. The smallest absolute Gasteiger partial charge is 0.264 e. The van der Waals surface area contributed by atoms with E-state index in [-0.39, 0.29) is 40.5 Å². The van der Waals surface area contributed by atoms with Gasteiger partial charge in [-0.3, -0.25) is 13.9 Å². The molecule has 46 heavy (non-hydrogen) atoms. The standard InChI is InChI=1S/C36H37Cl2N3O4S/c1-26-12-8-9-15-28(26)24-40(34(22-27-13-4-2-5-14-27)36(43)39-30-16-10-11-17-30)35(42)25-41(33-21-20-29(37)23-32(33)38)46(44,45)31-18-6-3-7-19-31/h2-9,12-15,18-21,23,30,34H,10-11,16-17,22,24-25H2,1H3,(H,39,43)/t34-/m0/s1. The molecule has 1 atom stereocenters. The molecule has 0 heterocycles. The van der Waals surface area contributed by atoms with Crippen molar-refractivity contribution in [3.63, 3.8) is 0 Å². The largest absolute Gasteiger partial charge is 0.352 e. The third-order valence-corrected chi connectivity index (χ3v) is 10.7. The fourth-order valence-electron chi connectivity index (χ4n) is 5.81. The number of benzene rings is 4. The summed E-state index contributed by atoms with van der Waals surface area (Å²) in [6.07, 6.45) is 4.09. The van der Waals surface area contributed by atoms with Gasteiger partial charge in [-0.25, -0.2) is 8.42 Å². The maximum Gasteiger partial charge on any atom is 0.264 e. The molecule has 4 aromatic carbocycles. The van der Waals surface area contributed by atoms with Gasteiger partial charge in [-0.2, -0.15) is 0 Å². The number of nitrogens with zero attached hydrogens (tertiary/aromatic N) is 2. The molecule has 4 aromatic rings. The van der Waals surface area contributed by atoms with E-state index in [4.69, 9.17) is 23.2 Å². The molecule has 1 N–H and O–H groups in total. The topological polar surface area (TPSA) is 86.8 Å². The highest BCUT2D eigenvalue weighted by Crippen LogP contribution is 2.33. The highest BCUT2D eigenvalue weighted by atomic mass is 35.5. The summed E-state index contributed by atoms with van der Waals surface area (Å²) in [6.45, 7) is 1.46. The van der Waals surface area contributed by atoms with Gasteiger partial charge in [0, 0.05) is 24.0 Å². The second-order valence-corrected chi connectivity index (χ2v) is 14.3.